The third kappa shape index (κ3) is 1.94. The first-order chi connectivity index (χ1) is 13.1. The molecular weight excluding hydrogens is 342 g/mol. The molecule has 1 aromatic carbocycles. The number of aliphatic hydroxyl groups is 1. The van der Waals surface area contributed by atoms with E-state index in [-0.39, 0.29) is 11.8 Å². The number of piperidine rings is 1. The van der Waals surface area contributed by atoms with Crippen molar-refractivity contribution in [3.63, 3.8) is 0 Å². The molecule has 27 heavy (non-hydrogen) atoms. The van der Waals surface area contributed by atoms with Crippen molar-refractivity contribution in [2.45, 2.75) is 48.8 Å². The lowest BCUT2D eigenvalue weighted by Gasteiger charge is -2.62. The molecule has 1 aromatic rings. The number of carbonyl (C=O) groups is 1. The number of nitrogens with zero attached hydrogens (tertiary/aromatic N) is 1. The SMILES string of the molecule is C=CCOc1ccc2c3c1OC1C(=O)CCC4(O)C(C2)N(CC=C)CCC314. The van der Waals surface area contributed by atoms with Crippen LogP contribution in [0.25, 0.3) is 0 Å². The highest BCUT2D eigenvalue weighted by atomic mass is 16.5. The van der Waals surface area contributed by atoms with Crippen LogP contribution in [0, 0.1) is 0 Å². The van der Waals surface area contributed by atoms with Gasteiger partial charge in [0.25, 0.3) is 0 Å². The average molecular weight is 367 g/mol. The Bertz CT molecular complexity index is 849. The van der Waals surface area contributed by atoms with E-state index in [4.69, 9.17) is 9.47 Å². The number of Topliss-reactive ketones (excluding diaryl/α,β-unsaturated/α-hetero) is 1. The fraction of sp³-hybridized carbons (Fsp3) is 0.500. The van der Waals surface area contributed by atoms with Crippen LogP contribution in [0.1, 0.15) is 30.4 Å². The molecular formula is C22H25NO4. The Kier molecular flexibility index (Phi) is 3.59. The minimum Gasteiger partial charge on any atom is -0.486 e. The Balaban J connectivity index is 1.73. The zero-order chi connectivity index (χ0) is 18.8. The molecule has 0 radical (unpaired) electrons. The predicted octanol–water partition coefficient (Wildman–Crippen LogP) is 2.16. The summed E-state index contributed by atoms with van der Waals surface area (Å²) in [5.41, 5.74) is 0.541. The number of carbonyl (C=O) groups excluding carboxylic acids is 1. The number of rotatable bonds is 5. The van der Waals surface area contributed by atoms with Gasteiger partial charge in [0.05, 0.1) is 11.0 Å². The third-order valence-electron chi connectivity index (χ3n) is 7.07. The first-order valence-electron chi connectivity index (χ1n) is 9.73. The van der Waals surface area contributed by atoms with Crippen LogP contribution >= 0.6 is 0 Å². The monoisotopic (exact) mass is 367 g/mol. The summed E-state index contributed by atoms with van der Waals surface area (Å²) < 4.78 is 12.1. The van der Waals surface area contributed by atoms with E-state index in [2.05, 4.69) is 24.1 Å². The molecule has 2 aliphatic carbocycles. The van der Waals surface area contributed by atoms with Gasteiger partial charge in [0, 0.05) is 31.1 Å². The zero-order valence-electron chi connectivity index (χ0n) is 15.4. The van der Waals surface area contributed by atoms with Gasteiger partial charge < -0.3 is 14.6 Å². The topological polar surface area (TPSA) is 59.0 Å². The Morgan fingerprint density at radius 2 is 2.19 bits per heavy atom. The molecule has 2 bridgehead atoms. The molecule has 0 amide bonds. The minimum atomic E-state index is -0.970. The number of ketones is 1. The van der Waals surface area contributed by atoms with Crippen molar-refractivity contribution < 1.29 is 19.4 Å². The second-order valence-electron chi connectivity index (χ2n) is 8.14. The lowest BCUT2D eigenvalue weighted by Crippen LogP contribution is -2.76. The van der Waals surface area contributed by atoms with Gasteiger partial charge >= 0.3 is 0 Å². The molecule has 4 unspecified atom stereocenters. The summed E-state index contributed by atoms with van der Waals surface area (Å²) in [7, 11) is 0. The van der Waals surface area contributed by atoms with E-state index in [1.165, 1.54) is 0 Å². The molecule has 2 heterocycles. The molecule has 5 nitrogen and oxygen atoms in total. The first kappa shape index (κ1) is 17.0. The van der Waals surface area contributed by atoms with Gasteiger partial charge in [-0.3, -0.25) is 9.69 Å². The van der Waals surface area contributed by atoms with Gasteiger partial charge in [-0.2, -0.15) is 0 Å². The van der Waals surface area contributed by atoms with Crippen molar-refractivity contribution in [2.24, 2.45) is 0 Å². The number of likely N-dealkylation sites (tertiary alicyclic amines) is 1. The van der Waals surface area contributed by atoms with Crippen LogP contribution in [-0.4, -0.2) is 53.2 Å². The first-order valence-corrected chi connectivity index (χ1v) is 9.73. The molecule has 142 valence electrons. The lowest BCUT2D eigenvalue weighted by molar-refractivity contribution is -0.187. The number of benzene rings is 1. The summed E-state index contributed by atoms with van der Waals surface area (Å²) >= 11 is 0. The van der Waals surface area contributed by atoms with Gasteiger partial charge in [-0.05, 0) is 30.9 Å². The molecule has 5 heteroatoms. The second-order valence-corrected chi connectivity index (χ2v) is 8.14. The fourth-order valence-corrected chi connectivity index (χ4v) is 6.05. The van der Waals surface area contributed by atoms with E-state index in [1.807, 2.05) is 12.1 Å². The molecule has 1 saturated carbocycles. The van der Waals surface area contributed by atoms with E-state index in [9.17, 15) is 9.90 Å². The Hall–Kier alpha value is -2.11. The zero-order valence-corrected chi connectivity index (χ0v) is 15.4. The van der Waals surface area contributed by atoms with Gasteiger partial charge in [-0.15, -0.1) is 6.58 Å². The van der Waals surface area contributed by atoms with E-state index in [1.54, 1.807) is 6.08 Å². The van der Waals surface area contributed by atoms with Gasteiger partial charge in [-0.1, -0.05) is 24.8 Å². The van der Waals surface area contributed by atoms with Crippen molar-refractivity contribution >= 4 is 5.78 Å². The number of hydrogen-bond donors (Lipinski definition) is 1. The van der Waals surface area contributed by atoms with E-state index >= 15 is 0 Å². The third-order valence-corrected chi connectivity index (χ3v) is 7.07. The van der Waals surface area contributed by atoms with Crippen LogP contribution in [0.4, 0.5) is 0 Å². The lowest BCUT2D eigenvalue weighted by atomic mass is 9.49. The van der Waals surface area contributed by atoms with Crippen LogP contribution in [-0.2, 0) is 16.6 Å². The maximum absolute atomic E-state index is 12.9. The van der Waals surface area contributed by atoms with Crippen LogP contribution in [0.15, 0.2) is 37.4 Å². The maximum Gasteiger partial charge on any atom is 0.174 e. The normalized spacial score (nSPS) is 36.0. The summed E-state index contributed by atoms with van der Waals surface area (Å²) in [6, 6.07) is 3.98. The molecule has 1 spiro atoms. The van der Waals surface area contributed by atoms with Crippen molar-refractivity contribution in [1.82, 2.24) is 4.90 Å². The molecule has 5 rings (SSSR count). The van der Waals surface area contributed by atoms with Crippen LogP contribution < -0.4 is 9.47 Å². The summed E-state index contributed by atoms with van der Waals surface area (Å²) in [4.78, 5) is 15.2. The summed E-state index contributed by atoms with van der Waals surface area (Å²) in [6.07, 6.45) is 5.26. The second kappa shape index (κ2) is 5.69. The molecule has 1 saturated heterocycles. The molecule has 0 aromatic heterocycles. The highest BCUT2D eigenvalue weighted by Gasteiger charge is 2.73. The highest BCUT2D eigenvalue weighted by molar-refractivity contribution is 5.90. The maximum atomic E-state index is 12.9. The van der Waals surface area contributed by atoms with E-state index < -0.39 is 17.1 Å². The summed E-state index contributed by atoms with van der Waals surface area (Å²) in [5.74, 6) is 1.39. The highest BCUT2D eigenvalue weighted by Crippen LogP contribution is 2.64. The molecule has 2 aliphatic heterocycles. The van der Waals surface area contributed by atoms with E-state index in [0.717, 1.165) is 30.6 Å². The summed E-state index contributed by atoms with van der Waals surface area (Å²) in [6.45, 7) is 9.53. The predicted molar refractivity (Wildman–Crippen MR) is 101 cm³/mol. The van der Waals surface area contributed by atoms with Crippen molar-refractivity contribution in [3.05, 3.63) is 48.6 Å². The molecule has 2 fully saturated rings. The van der Waals surface area contributed by atoms with Gasteiger partial charge in [0.2, 0.25) is 0 Å². The van der Waals surface area contributed by atoms with Crippen LogP contribution in [0.5, 0.6) is 11.5 Å². The number of hydrogen-bond acceptors (Lipinski definition) is 5. The minimum absolute atomic E-state index is 0.0261. The Morgan fingerprint density at radius 3 is 2.96 bits per heavy atom. The van der Waals surface area contributed by atoms with Crippen LogP contribution in [0.3, 0.4) is 0 Å². The van der Waals surface area contributed by atoms with Crippen molar-refractivity contribution in [3.8, 4) is 11.5 Å². The quantitative estimate of drug-likeness (QED) is 0.809. The smallest absolute Gasteiger partial charge is 0.174 e. The molecule has 1 N–H and O–H groups in total. The fourth-order valence-electron chi connectivity index (χ4n) is 6.05. The standard InChI is InChI=1S/C22H25NO4/c1-3-10-23-11-9-21-18-14-5-6-16(26-12-4-2)19(18)27-20(21)15(24)7-8-22(21,25)17(23)13-14/h3-6,17,20,25H,1-2,7-13H2. The Labute approximate surface area is 159 Å². The molecule has 4 atom stereocenters. The van der Waals surface area contributed by atoms with Gasteiger partial charge in [0.15, 0.2) is 23.4 Å². The number of ether oxygens (including phenoxy) is 2. The largest absolute Gasteiger partial charge is 0.486 e. The molecule has 4 aliphatic rings. The van der Waals surface area contributed by atoms with Crippen molar-refractivity contribution in [2.75, 3.05) is 19.7 Å². The van der Waals surface area contributed by atoms with Gasteiger partial charge in [0.1, 0.15) is 6.61 Å². The average Bonchev–Trinajstić information content (AvgIpc) is 3.01. The van der Waals surface area contributed by atoms with Gasteiger partial charge in [-0.25, -0.2) is 0 Å². The summed E-state index contributed by atoms with van der Waals surface area (Å²) in [5, 5.41) is 12.0. The van der Waals surface area contributed by atoms with E-state index in [0.29, 0.717) is 37.4 Å². The van der Waals surface area contributed by atoms with Crippen LogP contribution in [0.2, 0.25) is 0 Å². The van der Waals surface area contributed by atoms with Crippen molar-refractivity contribution in [1.29, 1.82) is 0 Å². The Morgan fingerprint density at radius 1 is 1.33 bits per heavy atom.